The Morgan fingerprint density at radius 2 is 2.10 bits per heavy atom. The topological polar surface area (TPSA) is 42.1 Å². The number of thiocarbonyl (C=S) groups is 1. The molecule has 1 rings (SSSR count). The van der Waals surface area contributed by atoms with Gasteiger partial charge < -0.3 is 10.6 Å². The maximum absolute atomic E-state index is 13.0. The van der Waals surface area contributed by atoms with Gasteiger partial charge in [-0.15, -0.1) is 0 Å². The van der Waals surface area contributed by atoms with E-state index in [2.05, 4.69) is 4.98 Å². The lowest BCUT2D eigenvalue weighted by atomic mass is 10.1. The first kappa shape index (κ1) is 16.7. The zero-order chi connectivity index (χ0) is 15.3. The third-order valence-electron chi connectivity index (χ3n) is 2.61. The predicted molar refractivity (Wildman–Crippen MR) is 77.7 cm³/mol. The van der Waals surface area contributed by atoms with Crippen molar-refractivity contribution in [2.24, 2.45) is 11.7 Å². The number of aromatic nitrogens is 1. The molecule has 2 N–H and O–H groups in total. The first-order valence-electron chi connectivity index (χ1n) is 6.27. The smallest absolute Gasteiger partial charge is 0.393 e. The molecule has 1 aromatic rings. The van der Waals surface area contributed by atoms with Crippen LogP contribution >= 0.6 is 12.2 Å². The fourth-order valence-electron chi connectivity index (χ4n) is 1.84. The maximum atomic E-state index is 13.0. The molecule has 112 valence electrons. The fourth-order valence-corrected chi connectivity index (χ4v) is 1.93. The second-order valence-corrected chi connectivity index (χ2v) is 5.45. The van der Waals surface area contributed by atoms with Crippen LogP contribution in [-0.4, -0.2) is 23.1 Å². The third-order valence-corrected chi connectivity index (χ3v) is 2.81. The average Bonchev–Trinajstić information content (AvgIpc) is 2.33. The molecular weight excluding hydrogens is 287 g/mol. The van der Waals surface area contributed by atoms with Gasteiger partial charge in [-0.05, 0) is 18.1 Å². The van der Waals surface area contributed by atoms with Gasteiger partial charge in [0.25, 0.3) is 0 Å². The van der Waals surface area contributed by atoms with Crippen molar-refractivity contribution in [2.45, 2.75) is 26.4 Å². The molecule has 7 heteroatoms. The van der Waals surface area contributed by atoms with Gasteiger partial charge in [0.05, 0.1) is 10.6 Å². The van der Waals surface area contributed by atoms with Crippen LogP contribution in [0, 0.1) is 5.92 Å². The zero-order valence-corrected chi connectivity index (χ0v) is 12.3. The first-order chi connectivity index (χ1) is 9.21. The molecule has 0 atom stereocenters. The highest BCUT2D eigenvalue weighted by Gasteiger charge is 2.35. The summed E-state index contributed by atoms with van der Waals surface area (Å²) in [6, 6.07) is 2.32. The van der Waals surface area contributed by atoms with Gasteiger partial charge in [0.2, 0.25) is 0 Å². The second kappa shape index (κ2) is 6.88. The van der Waals surface area contributed by atoms with E-state index in [9.17, 15) is 13.2 Å². The summed E-state index contributed by atoms with van der Waals surface area (Å²) in [4.78, 5) is 5.77. The van der Waals surface area contributed by atoms with E-state index in [0.29, 0.717) is 19.5 Å². The van der Waals surface area contributed by atoms with E-state index in [1.54, 1.807) is 4.90 Å². The van der Waals surface area contributed by atoms with Crippen molar-refractivity contribution in [1.82, 2.24) is 4.98 Å². The van der Waals surface area contributed by atoms with Crippen LogP contribution in [0.5, 0.6) is 0 Å². The van der Waals surface area contributed by atoms with Gasteiger partial charge in [-0.25, -0.2) is 4.98 Å². The molecule has 0 saturated heterocycles. The summed E-state index contributed by atoms with van der Waals surface area (Å²) in [7, 11) is 0. The fraction of sp³-hybridized carbons (Fsp3) is 0.538. The molecule has 0 aliphatic heterocycles. The molecule has 0 fully saturated rings. The van der Waals surface area contributed by atoms with Crippen LogP contribution in [0.25, 0.3) is 0 Å². The van der Waals surface area contributed by atoms with Crippen molar-refractivity contribution in [1.29, 1.82) is 0 Å². The minimum absolute atomic E-state index is 0.0649. The zero-order valence-electron chi connectivity index (χ0n) is 11.4. The summed E-state index contributed by atoms with van der Waals surface area (Å²) in [6.45, 7) is 4.66. The standard InChI is InChI=1S/C13H18F3N3S/c1-9(2)8-19(7-5-11(17)20)12-10(13(14,15)16)4-3-6-18-12/h3-4,6,9H,5,7-8H2,1-2H3,(H2,17,20). The lowest BCUT2D eigenvalue weighted by Crippen LogP contribution is -2.33. The van der Waals surface area contributed by atoms with E-state index >= 15 is 0 Å². The van der Waals surface area contributed by atoms with Crippen LogP contribution in [0.1, 0.15) is 25.8 Å². The van der Waals surface area contributed by atoms with Gasteiger partial charge in [-0.1, -0.05) is 26.1 Å². The molecule has 0 unspecified atom stereocenters. The summed E-state index contributed by atoms with van der Waals surface area (Å²) < 4.78 is 39.1. The van der Waals surface area contributed by atoms with E-state index in [0.717, 1.165) is 6.07 Å². The normalized spacial score (nSPS) is 11.7. The Hall–Kier alpha value is -1.37. The molecule has 0 amide bonds. The second-order valence-electron chi connectivity index (χ2n) is 4.93. The van der Waals surface area contributed by atoms with Crippen LogP contribution in [0.2, 0.25) is 0 Å². The van der Waals surface area contributed by atoms with Gasteiger partial charge in [-0.3, -0.25) is 0 Å². The number of hydrogen-bond acceptors (Lipinski definition) is 3. The van der Waals surface area contributed by atoms with E-state index < -0.39 is 11.7 Å². The van der Waals surface area contributed by atoms with Crippen molar-refractivity contribution in [3.8, 4) is 0 Å². The third kappa shape index (κ3) is 4.96. The van der Waals surface area contributed by atoms with Crippen LogP contribution < -0.4 is 10.6 Å². The van der Waals surface area contributed by atoms with E-state index in [1.807, 2.05) is 13.8 Å². The van der Waals surface area contributed by atoms with Crippen LogP contribution in [-0.2, 0) is 6.18 Å². The molecule has 0 spiro atoms. The van der Waals surface area contributed by atoms with Crippen molar-refractivity contribution < 1.29 is 13.2 Å². The Morgan fingerprint density at radius 3 is 2.60 bits per heavy atom. The number of alkyl halides is 3. The molecular formula is C13H18F3N3S. The van der Waals surface area contributed by atoms with Crippen molar-refractivity contribution >= 4 is 23.0 Å². The van der Waals surface area contributed by atoms with Crippen molar-refractivity contribution in [3.05, 3.63) is 23.9 Å². The molecule has 1 aromatic heterocycles. The number of anilines is 1. The monoisotopic (exact) mass is 305 g/mol. The van der Waals surface area contributed by atoms with Gasteiger partial charge in [0, 0.05) is 25.7 Å². The Kier molecular flexibility index (Phi) is 5.74. The quantitative estimate of drug-likeness (QED) is 0.819. The largest absolute Gasteiger partial charge is 0.419 e. The summed E-state index contributed by atoms with van der Waals surface area (Å²) in [5, 5.41) is 0. The number of hydrogen-bond donors (Lipinski definition) is 1. The SMILES string of the molecule is CC(C)CN(CCC(N)=S)c1ncccc1C(F)(F)F. The Balaban J connectivity index is 3.09. The lowest BCUT2D eigenvalue weighted by molar-refractivity contribution is -0.137. The number of nitrogens with zero attached hydrogens (tertiary/aromatic N) is 2. The van der Waals surface area contributed by atoms with Gasteiger partial charge in [0.1, 0.15) is 5.82 Å². The molecule has 0 aliphatic rings. The molecule has 3 nitrogen and oxygen atoms in total. The highest BCUT2D eigenvalue weighted by Crippen LogP contribution is 2.35. The molecule has 0 aliphatic carbocycles. The van der Waals surface area contributed by atoms with Crippen LogP contribution in [0.4, 0.5) is 19.0 Å². The summed E-state index contributed by atoms with van der Waals surface area (Å²) in [5.41, 5.74) is 4.70. The molecule has 1 heterocycles. The summed E-state index contributed by atoms with van der Waals surface area (Å²) in [5.74, 6) is 0.134. The summed E-state index contributed by atoms with van der Waals surface area (Å²) >= 11 is 4.79. The molecule has 0 bridgehead atoms. The van der Waals surface area contributed by atoms with E-state index in [-0.39, 0.29) is 16.7 Å². The molecule has 20 heavy (non-hydrogen) atoms. The first-order valence-corrected chi connectivity index (χ1v) is 6.68. The maximum Gasteiger partial charge on any atom is 0.419 e. The minimum atomic E-state index is -4.43. The van der Waals surface area contributed by atoms with Crippen LogP contribution in [0.15, 0.2) is 18.3 Å². The number of rotatable bonds is 6. The number of halogens is 3. The van der Waals surface area contributed by atoms with E-state index in [4.69, 9.17) is 18.0 Å². The number of pyridine rings is 1. The van der Waals surface area contributed by atoms with Gasteiger partial charge in [0.15, 0.2) is 0 Å². The minimum Gasteiger partial charge on any atom is -0.393 e. The van der Waals surface area contributed by atoms with Crippen LogP contribution in [0.3, 0.4) is 0 Å². The number of nitrogens with two attached hydrogens (primary N) is 1. The Labute approximate surface area is 122 Å². The van der Waals surface area contributed by atoms with Gasteiger partial charge in [-0.2, -0.15) is 13.2 Å². The highest BCUT2D eigenvalue weighted by atomic mass is 32.1. The average molecular weight is 305 g/mol. The molecule has 0 saturated carbocycles. The Morgan fingerprint density at radius 1 is 1.45 bits per heavy atom. The lowest BCUT2D eigenvalue weighted by Gasteiger charge is -2.28. The van der Waals surface area contributed by atoms with Crippen molar-refractivity contribution in [3.63, 3.8) is 0 Å². The predicted octanol–water partition coefficient (Wildman–Crippen LogP) is 3.24. The van der Waals surface area contributed by atoms with Crippen molar-refractivity contribution in [2.75, 3.05) is 18.0 Å². The Bertz CT molecular complexity index is 460. The van der Waals surface area contributed by atoms with E-state index in [1.165, 1.54) is 12.3 Å². The molecule has 0 aromatic carbocycles. The highest BCUT2D eigenvalue weighted by molar-refractivity contribution is 7.80. The molecule has 0 radical (unpaired) electrons. The summed E-state index contributed by atoms with van der Waals surface area (Å²) in [6.07, 6.45) is -2.71. The van der Waals surface area contributed by atoms with Gasteiger partial charge >= 0.3 is 6.18 Å².